The molecule has 0 heterocycles. The first-order valence-electron chi connectivity index (χ1n) is 9.43. The van der Waals surface area contributed by atoms with E-state index in [4.69, 9.17) is 16.3 Å². The molecule has 0 amide bonds. The average molecular weight is 475 g/mol. The molecule has 0 aromatic heterocycles. The molecule has 3 aromatic carbocycles. The maximum absolute atomic E-state index is 12.7. The summed E-state index contributed by atoms with van der Waals surface area (Å²) in [4.78, 5) is 22.9. The van der Waals surface area contributed by atoms with Gasteiger partial charge in [-0.1, -0.05) is 41.4 Å². The van der Waals surface area contributed by atoms with Crippen molar-refractivity contribution in [1.82, 2.24) is 4.72 Å². The molecule has 0 aliphatic carbocycles. The van der Waals surface area contributed by atoms with Gasteiger partial charge >= 0.3 is 5.97 Å². The van der Waals surface area contributed by atoms with E-state index in [2.05, 4.69) is 4.72 Å². The molecule has 8 nitrogen and oxygen atoms in total. The van der Waals surface area contributed by atoms with Crippen molar-refractivity contribution in [2.75, 3.05) is 6.54 Å². The fourth-order valence-electron chi connectivity index (χ4n) is 2.84. The van der Waals surface area contributed by atoms with E-state index in [1.807, 2.05) is 6.92 Å². The molecule has 1 atom stereocenters. The summed E-state index contributed by atoms with van der Waals surface area (Å²) in [6.07, 6.45) is -0.989. The largest absolute Gasteiger partial charge is 0.452 e. The highest BCUT2D eigenvalue weighted by molar-refractivity contribution is 7.89. The predicted molar refractivity (Wildman–Crippen MR) is 119 cm³/mol. The molecule has 0 saturated heterocycles. The minimum atomic E-state index is -3.86. The van der Waals surface area contributed by atoms with Crippen LogP contribution in [0.5, 0.6) is 0 Å². The Labute approximate surface area is 190 Å². The molecule has 0 aliphatic heterocycles. The van der Waals surface area contributed by atoms with E-state index in [1.165, 1.54) is 36.4 Å². The van der Waals surface area contributed by atoms with Crippen molar-refractivity contribution in [1.29, 1.82) is 0 Å². The number of aryl methyl sites for hydroxylation is 1. The first kappa shape index (κ1) is 23.4. The smallest absolute Gasteiger partial charge is 0.338 e. The van der Waals surface area contributed by atoms with Crippen molar-refractivity contribution in [3.8, 4) is 0 Å². The summed E-state index contributed by atoms with van der Waals surface area (Å²) >= 11 is 6.05. The van der Waals surface area contributed by atoms with Gasteiger partial charge in [-0.25, -0.2) is 17.9 Å². The fourth-order valence-corrected chi connectivity index (χ4v) is 4.07. The van der Waals surface area contributed by atoms with Gasteiger partial charge in [0, 0.05) is 17.2 Å². The Morgan fingerprint density at radius 2 is 1.75 bits per heavy atom. The van der Waals surface area contributed by atoms with E-state index in [-0.39, 0.29) is 22.7 Å². The second-order valence-corrected chi connectivity index (χ2v) is 9.12. The Balaban J connectivity index is 1.81. The van der Waals surface area contributed by atoms with E-state index in [0.717, 1.165) is 5.56 Å². The van der Waals surface area contributed by atoms with Gasteiger partial charge in [0.05, 0.1) is 21.9 Å². The number of ether oxygens (including phenoxy) is 1. The zero-order valence-electron chi connectivity index (χ0n) is 16.9. The summed E-state index contributed by atoms with van der Waals surface area (Å²) in [6, 6.07) is 17.7. The molecule has 0 fully saturated rings. The number of hydrogen-bond donors (Lipinski definition) is 1. The van der Waals surface area contributed by atoms with E-state index in [0.29, 0.717) is 10.6 Å². The summed E-state index contributed by atoms with van der Waals surface area (Å²) < 4.78 is 33.3. The number of benzene rings is 3. The molecule has 0 bridgehead atoms. The summed E-state index contributed by atoms with van der Waals surface area (Å²) in [5.41, 5.74) is 1.32. The molecule has 3 aromatic rings. The summed E-state index contributed by atoms with van der Waals surface area (Å²) in [5, 5.41) is 11.2. The third-order valence-electron chi connectivity index (χ3n) is 4.57. The summed E-state index contributed by atoms with van der Waals surface area (Å²) in [5.74, 6) is -0.764. The number of nitrogens with one attached hydrogen (secondary N) is 1. The number of esters is 1. The van der Waals surface area contributed by atoms with Crippen LogP contribution in [0.4, 0.5) is 5.69 Å². The van der Waals surface area contributed by atoms with Gasteiger partial charge in [0.25, 0.3) is 5.69 Å². The number of nitro groups is 1. The third kappa shape index (κ3) is 5.91. The third-order valence-corrected chi connectivity index (χ3v) is 6.25. The van der Waals surface area contributed by atoms with Crippen molar-refractivity contribution in [2.24, 2.45) is 0 Å². The second kappa shape index (κ2) is 9.90. The van der Waals surface area contributed by atoms with Crippen LogP contribution in [0, 0.1) is 17.0 Å². The monoisotopic (exact) mass is 474 g/mol. The molecule has 3 rings (SSSR count). The highest BCUT2D eigenvalue weighted by Crippen LogP contribution is 2.23. The lowest BCUT2D eigenvalue weighted by atomic mass is 10.1. The normalized spacial score (nSPS) is 12.2. The number of hydrogen-bond acceptors (Lipinski definition) is 6. The summed E-state index contributed by atoms with van der Waals surface area (Å²) in [7, 11) is -3.86. The number of halogens is 1. The van der Waals surface area contributed by atoms with Crippen molar-refractivity contribution >= 4 is 33.3 Å². The predicted octanol–water partition coefficient (Wildman–Crippen LogP) is 4.43. The second-order valence-electron chi connectivity index (χ2n) is 6.92. The van der Waals surface area contributed by atoms with Gasteiger partial charge in [-0.05, 0) is 48.9 Å². The number of sulfonamides is 1. The van der Waals surface area contributed by atoms with Gasteiger partial charge in [0.2, 0.25) is 10.0 Å². The lowest BCUT2D eigenvalue weighted by Crippen LogP contribution is -2.30. The molecule has 1 unspecified atom stereocenters. The molecular weight excluding hydrogens is 456 g/mol. The molecule has 32 heavy (non-hydrogen) atoms. The number of nitro benzene ring substituents is 1. The Kier molecular flexibility index (Phi) is 7.24. The number of rotatable bonds is 8. The Hall–Kier alpha value is -3.27. The minimum Gasteiger partial charge on any atom is -0.452 e. The van der Waals surface area contributed by atoms with Crippen molar-refractivity contribution in [3.05, 3.63) is 105 Å². The fraction of sp³-hybridized carbons (Fsp3) is 0.136. The van der Waals surface area contributed by atoms with Crippen LogP contribution >= 0.6 is 11.6 Å². The van der Waals surface area contributed by atoms with Crippen LogP contribution in [0.3, 0.4) is 0 Å². The highest BCUT2D eigenvalue weighted by atomic mass is 35.5. The Morgan fingerprint density at radius 3 is 2.34 bits per heavy atom. The lowest BCUT2D eigenvalue weighted by molar-refractivity contribution is -0.384. The number of carbonyl (C=O) groups is 1. The Bertz CT molecular complexity index is 1230. The lowest BCUT2D eigenvalue weighted by Gasteiger charge is -2.19. The van der Waals surface area contributed by atoms with E-state index in [1.54, 1.807) is 36.4 Å². The standard InChI is InChI=1S/C22H19ClN2O6S/c1-15-5-11-20(12-6-15)32(29,30)24-14-21(17-3-2-4-18(23)13-17)31-22(26)16-7-9-19(10-8-16)25(27)28/h2-13,21,24H,14H2,1H3. The maximum Gasteiger partial charge on any atom is 0.338 e. The molecule has 0 saturated carbocycles. The zero-order chi connectivity index (χ0) is 23.3. The van der Waals surface area contributed by atoms with Gasteiger partial charge < -0.3 is 4.74 Å². The minimum absolute atomic E-state index is 0.0784. The van der Waals surface area contributed by atoms with Crippen LogP contribution in [-0.2, 0) is 14.8 Å². The molecule has 166 valence electrons. The Morgan fingerprint density at radius 1 is 1.09 bits per heavy atom. The summed E-state index contributed by atoms with van der Waals surface area (Å²) in [6.45, 7) is 1.60. The molecule has 0 aliphatic rings. The molecule has 0 radical (unpaired) electrons. The van der Waals surface area contributed by atoms with Crippen LogP contribution in [0.15, 0.2) is 77.7 Å². The van der Waals surface area contributed by atoms with E-state index >= 15 is 0 Å². The SMILES string of the molecule is Cc1ccc(S(=O)(=O)NCC(OC(=O)c2ccc([N+](=O)[O-])cc2)c2cccc(Cl)c2)cc1. The number of non-ortho nitro benzene ring substituents is 1. The number of nitrogens with zero attached hydrogens (tertiary/aromatic N) is 1. The van der Waals surface area contributed by atoms with Crippen LogP contribution in [-0.4, -0.2) is 25.9 Å². The van der Waals surface area contributed by atoms with Crippen LogP contribution in [0.1, 0.15) is 27.6 Å². The molecule has 0 spiro atoms. The van der Waals surface area contributed by atoms with Gasteiger partial charge in [-0.2, -0.15) is 0 Å². The van der Waals surface area contributed by atoms with Crippen LogP contribution < -0.4 is 4.72 Å². The maximum atomic E-state index is 12.7. The van der Waals surface area contributed by atoms with Crippen LogP contribution in [0.25, 0.3) is 0 Å². The quantitative estimate of drug-likeness (QED) is 0.293. The number of carbonyl (C=O) groups excluding carboxylic acids is 1. The van der Waals surface area contributed by atoms with Crippen LogP contribution in [0.2, 0.25) is 5.02 Å². The van der Waals surface area contributed by atoms with Gasteiger partial charge in [0.1, 0.15) is 6.10 Å². The van der Waals surface area contributed by atoms with Crippen molar-refractivity contribution in [2.45, 2.75) is 17.9 Å². The highest BCUT2D eigenvalue weighted by Gasteiger charge is 2.23. The first-order valence-corrected chi connectivity index (χ1v) is 11.3. The van der Waals surface area contributed by atoms with Gasteiger partial charge in [0.15, 0.2) is 0 Å². The zero-order valence-corrected chi connectivity index (χ0v) is 18.5. The average Bonchev–Trinajstić information content (AvgIpc) is 2.77. The van der Waals surface area contributed by atoms with Crippen molar-refractivity contribution in [3.63, 3.8) is 0 Å². The van der Waals surface area contributed by atoms with E-state index in [9.17, 15) is 23.3 Å². The van der Waals surface area contributed by atoms with Gasteiger partial charge in [-0.15, -0.1) is 0 Å². The molecular formula is C22H19ClN2O6S. The topological polar surface area (TPSA) is 116 Å². The molecule has 1 N–H and O–H groups in total. The van der Waals surface area contributed by atoms with Crippen molar-refractivity contribution < 1.29 is 22.9 Å². The van der Waals surface area contributed by atoms with E-state index < -0.39 is 27.0 Å². The van der Waals surface area contributed by atoms with Gasteiger partial charge in [-0.3, -0.25) is 10.1 Å². The first-order chi connectivity index (χ1) is 15.2. The molecule has 10 heteroatoms.